The minimum atomic E-state index is 0.275. The highest BCUT2D eigenvalue weighted by atomic mass is 35.5. The zero-order valence-corrected chi connectivity index (χ0v) is 11.9. The minimum absolute atomic E-state index is 0.275. The normalized spacial score (nSPS) is 19.8. The van der Waals surface area contributed by atoms with E-state index in [1.165, 1.54) is 19.3 Å². The van der Waals surface area contributed by atoms with Crippen LogP contribution in [0.15, 0.2) is 18.2 Å². The second-order valence-corrected chi connectivity index (χ2v) is 6.28. The van der Waals surface area contributed by atoms with Crippen molar-refractivity contribution < 1.29 is 0 Å². The van der Waals surface area contributed by atoms with E-state index < -0.39 is 0 Å². The molecule has 0 bridgehead atoms. The van der Waals surface area contributed by atoms with Gasteiger partial charge in [0.05, 0.1) is 0 Å². The molecule has 94 valence electrons. The van der Waals surface area contributed by atoms with Crippen LogP contribution < -0.4 is 5.32 Å². The summed E-state index contributed by atoms with van der Waals surface area (Å²) in [6.07, 6.45) is 4.04. The second-order valence-electron chi connectivity index (χ2n) is 5.43. The van der Waals surface area contributed by atoms with E-state index in [-0.39, 0.29) is 6.04 Å². The first-order valence-corrected chi connectivity index (χ1v) is 6.94. The van der Waals surface area contributed by atoms with E-state index in [0.29, 0.717) is 10.4 Å². The lowest BCUT2D eigenvalue weighted by Gasteiger charge is -2.39. The summed E-state index contributed by atoms with van der Waals surface area (Å²) < 4.78 is 0. The van der Waals surface area contributed by atoms with Gasteiger partial charge in [0, 0.05) is 22.6 Å². The van der Waals surface area contributed by atoms with Crippen LogP contribution in [-0.2, 0) is 0 Å². The number of benzene rings is 1. The smallest absolute Gasteiger partial charge is 0.0468 e. The van der Waals surface area contributed by atoms with E-state index in [2.05, 4.69) is 19.2 Å². The maximum Gasteiger partial charge on any atom is 0.0468 e. The molecule has 1 aromatic rings. The molecule has 0 aromatic heterocycles. The molecule has 1 N–H and O–H groups in total. The fourth-order valence-corrected chi connectivity index (χ4v) is 2.89. The third-order valence-corrected chi connectivity index (χ3v) is 4.39. The van der Waals surface area contributed by atoms with Crippen molar-refractivity contribution in [2.45, 2.75) is 39.2 Å². The Labute approximate surface area is 114 Å². The van der Waals surface area contributed by atoms with E-state index in [1.807, 2.05) is 18.2 Å². The first-order chi connectivity index (χ1) is 8.00. The maximum absolute atomic E-state index is 6.20. The molecule has 1 nitrogen and oxygen atoms in total. The standard InChI is InChI=1S/C14H19Cl2N/c1-10(17-9-14(2)6-3-7-14)12-5-4-11(15)8-13(12)16/h4-5,8,10,17H,3,6-7,9H2,1-2H3. The molecule has 17 heavy (non-hydrogen) atoms. The predicted molar refractivity (Wildman–Crippen MR) is 74.8 cm³/mol. The Bertz CT molecular complexity index is 399. The summed E-state index contributed by atoms with van der Waals surface area (Å²) in [7, 11) is 0. The molecule has 1 aromatic carbocycles. The van der Waals surface area contributed by atoms with Gasteiger partial charge in [-0.2, -0.15) is 0 Å². The van der Waals surface area contributed by atoms with E-state index in [4.69, 9.17) is 23.2 Å². The molecule has 2 rings (SSSR count). The SMILES string of the molecule is CC(NCC1(C)CCC1)c1ccc(Cl)cc1Cl. The summed E-state index contributed by atoms with van der Waals surface area (Å²) in [6, 6.07) is 5.98. The van der Waals surface area contributed by atoms with Crippen molar-refractivity contribution in [1.29, 1.82) is 0 Å². The number of nitrogens with one attached hydrogen (secondary N) is 1. The fourth-order valence-electron chi connectivity index (χ4n) is 2.32. The molecule has 0 heterocycles. The zero-order valence-electron chi connectivity index (χ0n) is 10.4. The first kappa shape index (κ1) is 13.2. The van der Waals surface area contributed by atoms with Crippen LogP contribution in [0.1, 0.15) is 44.7 Å². The van der Waals surface area contributed by atoms with Crippen molar-refractivity contribution in [2.24, 2.45) is 5.41 Å². The molecule has 1 aliphatic carbocycles. The summed E-state index contributed by atoms with van der Waals surface area (Å²) in [6.45, 7) is 5.56. The molecule has 1 aliphatic rings. The minimum Gasteiger partial charge on any atom is -0.310 e. The summed E-state index contributed by atoms with van der Waals surface area (Å²) in [5.41, 5.74) is 1.62. The predicted octanol–water partition coefficient (Wildman–Crippen LogP) is 4.83. The van der Waals surface area contributed by atoms with Crippen molar-refractivity contribution in [1.82, 2.24) is 5.32 Å². The van der Waals surface area contributed by atoms with Crippen molar-refractivity contribution >= 4 is 23.2 Å². The lowest BCUT2D eigenvalue weighted by Crippen LogP contribution is -2.38. The Morgan fingerprint density at radius 2 is 2.06 bits per heavy atom. The summed E-state index contributed by atoms with van der Waals surface area (Å²) in [5.74, 6) is 0. The Morgan fingerprint density at radius 3 is 2.59 bits per heavy atom. The van der Waals surface area contributed by atoms with E-state index in [0.717, 1.165) is 17.1 Å². The first-order valence-electron chi connectivity index (χ1n) is 6.18. The summed E-state index contributed by atoms with van der Waals surface area (Å²) in [4.78, 5) is 0. The molecule has 0 aliphatic heterocycles. The third kappa shape index (κ3) is 3.15. The van der Waals surface area contributed by atoms with Crippen LogP contribution in [0.4, 0.5) is 0 Å². The molecule has 0 amide bonds. The zero-order chi connectivity index (χ0) is 12.5. The van der Waals surface area contributed by atoms with Gasteiger partial charge >= 0.3 is 0 Å². The van der Waals surface area contributed by atoms with Crippen molar-refractivity contribution in [3.8, 4) is 0 Å². The third-order valence-electron chi connectivity index (χ3n) is 3.82. The Balaban J connectivity index is 1.96. The molecule has 3 heteroatoms. The van der Waals surface area contributed by atoms with E-state index >= 15 is 0 Å². The van der Waals surface area contributed by atoms with Gasteiger partial charge in [0.15, 0.2) is 0 Å². The average Bonchev–Trinajstić information content (AvgIpc) is 2.23. The number of halogens is 2. The van der Waals surface area contributed by atoms with Crippen LogP contribution in [0.25, 0.3) is 0 Å². The highest BCUT2D eigenvalue weighted by Crippen LogP contribution is 2.40. The molecule has 1 atom stereocenters. The van der Waals surface area contributed by atoms with Gasteiger partial charge in [-0.15, -0.1) is 0 Å². The van der Waals surface area contributed by atoms with Crippen LogP contribution in [0.3, 0.4) is 0 Å². The van der Waals surface area contributed by atoms with Gasteiger partial charge in [-0.25, -0.2) is 0 Å². The molecule has 1 fully saturated rings. The van der Waals surface area contributed by atoms with Gasteiger partial charge in [0.2, 0.25) is 0 Å². The molecular formula is C14H19Cl2N. The van der Waals surface area contributed by atoms with Crippen molar-refractivity contribution in [2.75, 3.05) is 6.54 Å². The topological polar surface area (TPSA) is 12.0 Å². The molecule has 1 unspecified atom stereocenters. The molecule has 0 radical (unpaired) electrons. The highest BCUT2D eigenvalue weighted by molar-refractivity contribution is 6.35. The molecule has 0 saturated heterocycles. The summed E-state index contributed by atoms with van der Waals surface area (Å²) in [5, 5.41) is 5.01. The van der Waals surface area contributed by atoms with Crippen LogP contribution >= 0.6 is 23.2 Å². The molecule has 0 spiro atoms. The van der Waals surface area contributed by atoms with E-state index in [9.17, 15) is 0 Å². The Kier molecular flexibility index (Phi) is 4.02. The number of rotatable bonds is 4. The lowest BCUT2D eigenvalue weighted by molar-refractivity contribution is 0.152. The quantitative estimate of drug-likeness (QED) is 0.827. The van der Waals surface area contributed by atoms with Gasteiger partial charge in [0.1, 0.15) is 0 Å². The van der Waals surface area contributed by atoms with Gasteiger partial charge in [-0.1, -0.05) is 42.6 Å². The van der Waals surface area contributed by atoms with Crippen molar-refractivity contribution in [3.63, 3.8) is 0 Å². The summed E-state index contributed by atoms with van der Waals surface area (Å²) >= 11 is 12.1. The average molecular weight is 272 g/mol. The fraction of sp³-hybridized carbons (Fsp3) is 0.571. The highest BCUT2D eigenvalue weighted by Gasteiger charge is 2.31. The van der Waals surface area contributed by atoms with Crippen LogP contribution in [-0.4, -0.2) is 6.54 Å². The lowest BCUT2D eigenvalue weighted by atomic mass is 9.70. The van der Waals surface area contributed by atoms with Crippen LogP contribution in [0.2, 0.25) is 10.0 Å². The van der Waals surface area contributed by atoms with Gasteiger partial charge in [-0.3, -0.25) is 0 Å². The number of hydrogen-bond donors (Lipinski definition) is 1. The van der Waals surface area contributed by atoms with Crippen molar-refractivity contribution in [3.05, 3.63) is 33.8 Å². The van der Waals surface area contributed by atoms with E-state index in [1.54, 1.807) is 0 Å². The monoisotopic (exact) mass is 271 g/mol. The Hall–Kier alpha value is -0.240. The van der Waals surface area contributed by atoms with Gasteiger partial charge in [0.25, 0.3) is 0 Å². The maximum atomic E-state index is 6.20. The second kappa shape index (κ2) is 5.17. The molecule has 1 saturated carbocycles. The largest absolute Gasteiger partial charge is 0.310 e. The van der Waals surface area contributed by atoms with Crippen LogP contribution in [0, 0.1) is 5.41 Å². The van der Waals surface area contributed by atoms with Gasteiger partial charge < -0.3 is 5.32 Å². The number of hydrogen-bond acceptors (Lipinski definition) is 1. The van der Waals surface area contributed by atoms with Gasteiger partial charge in [-0.05, 0) is 42.9 Å². The Morgan fingerprint density at radius 1 is 1.35 bits per heavy atom. The molecular weight excluding hydrogens is 253 g/mol. The van der Waals surface area contributed by atoms with Crippen LogP contribution in [0.5, 0.6) is 0 Å².